The minimum absolute atomic E-state index is 0.103. The van der Waals surface area contributed by atoms with Gasteiger partial charge in [0.1, 0.15) is 0 Å². The van der Waals surface area contributed by atoms with Crippen LogP contribution in [0.5, 0.6) is 0 Å². The summed E-state index contributed by atoms with van der Waals surface area (Å²) in [7, 11) is 0. The molecule has 2 amide bonds. The van der Waals surface area contributed by atoms with Crippen molar-refractivity contribution in [2.45, 2.75) is 45.2 Å². The van der Waals surface area contributed by atoms with Crippen LogP contribution in [0.25, 0.3) is 16.6 Å². The van der Waals surface area contributed by atoms with Crippen LogP contribution in [0, 0.1) is 6.92 Å². The molecular formula is C27H31N9O3. The normalized spacial score (nSPS) is 19.5. The van der Waals surface area contributed by atoms with E-state index in [1.807, 2.05) is 35.4 Å². The molecule has 12 nitrogen and oxygen atoms in total. The number of aromatic nitrogens is 6. The predicted molar refractivity (Wildman–Crippen MR) is 145 cm³/mol. The fourth-order valence-corrected chi connectivity index (χ4v) is 5.17. The molecule has 0 radical (unpaired) electrons. The third-order valence-corrected chi connectivity index (χ3v) is 7.50. The first-order valence-electron chi connectivity index (χ1n) is 13.2. The Morgan fingerprint density at radius 3 is 2.82 bits per heavy atom. The van der Waals surface area contributed by atoms with Gasteiger partial charge in [0, 0.05) is 36.2 Å². The van der Waals surface area contributed by atoms with E-state index in [0.29, 0.717) is 41.8 Å². The number of fused-ring (bicyclic) bond motifs is 1. The lowest BCUT2D eigenvalue weighted by Gasteiger charge is -2.20. The first kappa shape index (κ1) is 25.1. The number of pyridine rings is 2. The van der Waals surface area contributed by atoms with E-state index in [2.05, 4.69) is 42.9 Å². The first-order chi connectivity index (χ1) is 18.9. The van der Waals surface area contributed by atoms with Crippen molar-refractivity contribution in [3.05, 3.63) is 54.4 Å². The summed E-state index contributed by atoms with van der Waals surface area (Å²) < 4.78 is 8.99. The molecular weight excluding hydrogens is 498 g/mol. The number of nitrogens with zero attached hydrogens (tertiary/aromatic N) is 7. The molecule has 39 heavy (non-hydrogen) atoms. The van der Waals surface area contributed by atoms with Crippen LogP contribution in [0.4, 0.5) is 11.4 Å². The van der Waals surface area contributed by atoms with Gasteiger partial charge in [-0.25, -0.2) is 4.52 Å². The Kier molecular flexibility index (Phi) is 6.79. The number of amides is 2. The molecule has 2 saturated heterocycles. The Morgan fingerprint density at radius 2 is 2.03 bits per heavy atom. The molecule has 1 unspecified atom stereocenters. The Hall–Kier alpha value is -4.16. The van der Waals surface area contributed by atoms with E-state index in [1.54, 1.807) is 23.7 Å². The summed E-state index contributed by atoms with van der Waals surface area (Å²) in [5.74, 6) is -0.514. The Bertz CT molecular complexity index is 1520. The van der Waals surface area contributed by atoms with Gasteiger partial charge in [-0.05, 0) is 51.8 Å². The number of aryl methyl sites for hydroxylation is 1. The van der Waals surface area contributed by atoms with Crippen LogP contribution in [0.2, 0.25) is 0 Å². The number of hydrogen-bond donors (Lipinski definition) is 2. The third kappa shape index (κ3) is 5.25. The Morgan fingerprint density at radius 1 is 1.13 bits per heavy atom. The molecule has 2 aliphatic rings. The standard InChI is InChI=1S/C27H31N9O3/c1-17-4-3-8-34(17)15-25(37)30-21-10-23(18(2)28-12-21)31-27(38)26-24-6-5-19(13-36(24)33-32-26)20-11-29-35(14-20)22-7-9-39-16-22/h5-6,10-14,17,22H,3-4,7-9,15-16H2,1-2H3,(H,30,37)(H,31,38)/t17-,22?/m0/s1. The van der Waals surface area contributed by atoms with Gasteiger partial charge in [0.15, 0.2) is 5.69 Å². The van der Waals surface area contributed by atoms with Gasteiger partial charge in [-0.15, -0.1) is 5.10 Å². The molecule has 12 heteroatoms. The first-order valence-corrected chi connectivity index (χ1v) is 13.2. The molecule has 2 fully saturated rings. The van der Waals surface area contributed by atoms with Crippen molar-refractivity contribution in [1.82, 2.24) is 34.5 Å². The van der Waals surface area contributed by atoms with Gasteiger partial charge in [-0.3, -0.25) is 24.2 Å². The summed E-state index contributed by atoms with van der Waals surface area (Å²) in [6.07, 6.45) is 10.4. The number of hydrogen-bond acceptors (Lipinski definition) is 8. The van der Waals surface area contributed by atoms with Gasteiger partial charge in [0.2, 0.25) is 5.91 Å². The van der Waals surface area contributed by atoms with Gasteiger partial charge < -0.3 is 15.4 Å². The second-order valence-electron chi connectivity index (χ2n) is 10.2. The lowest BCUT2D eigenvalue weighted by atomic mass is 10.1. The van der Waals surface area contributed by atoms with Crippen molar-refractivity contribution in [3.63, 3.8) is 0 Å². The van der Waals surface area contributed by atoms with Gasteiger partial charge in [-0.1, -0.05) is 11.3 Å². The Balaban J connectivity index is 1.15. The number of carbonyl (C=O) groups excluding carboxylic acids is 2. The van der Waals surface area contributed by atoms with E-state index < -0.39 is 5.91 Å². The maximum atomic E-state index is 13.2. The molecule has 0 bridgehead atoms. The lowest BCUT2D eigenvalue weighted by molar-refractivity contribution is -0.117. The number of nitrogens with one attached hydrogen (secondary N) is 2. The predicted octanol–water partition coefficient (Wildman–Crippen LogP) is 2.93. The zero-order valence-corrected chi connectivity index (χ0v) is 22.0. The topological polar surface area (TPSA) is 132 Å². The van der Waals surface area contributed by atoms with Crippen molar-refractivity contribution in [3.8, 4) is 11.1 Å². The van der Waals surface area contributed by atoms with Crippen molar-refractivity contribution < 1.29 is 14.3 Å². The molecule has 6 heterocycles. The summed E-state index contributed by atoms with van der Waals surface area (Å²) >= 11 is 0. The monoisotopic (exact) mass is 529 g/mol. The molecule has 0 aromatic carbocycles. The number of likely N-dealkylation sites (tertiary alicyclic amines) is 1. The summed E-state index contributed by atoms with van der Waals surface area (Å²) in [5, 5.41) is 18.6. The quantitative estimate of drug-likeness (QED) is 0.374. The summed E-state index contributed by atoms with van der Waals surface area (Å²) in [5.41, 5.74) is 4.27. The fourth-order valence-electron chi connectivity index (χ4n) is 5.17. The second kappa shape index (κ2) is 10.5. The highest BCUT2D eigenvalue weighted by molar-refractivity contribution is 6.08. The number of rotatable bonds is 7. The van der Waals surface area contributed by atoms with E-state index in [9.17, 15) is 9.59 Å². The summed E-state index contributed by atoms with van der Waals surface area (Å²) in [6, 6.07) is 6.11. The highest BCUT2D eigenvalue weighted by Crippen LogP contribution is 2.25. The van der Waals surface area contributed by atoms with Crippen molar-refractivity contribution in [1.29, 1.82) is 0 Å². The van der Waals surface area contributed by atoms with Crippen LogP contribution in [-0.2, 0) is 9.53 Å². The summed E-state index contributed by atoms with van der Waals surface area (Å²) in [6.45, 7) is 6.61. The lowest BCUT2D eigenvalue weighted by Crippen LogP contribution is -2.35. The summed E-state index contributed by atoms with van der Waals surface area (Å²) in [4.78, 5) is 32.3. The number of carbonyl (C=O) groups is 2. The smallest absolute Gasteiger partial charge is 0.278 e. The molecule has 2 aliphatic heterocycles. The van der Waals surface area contributed by atoms with Gasteiger partial charge >= 0.3 is 0 Å². The minimum Gasteiger partial charge on any atom is -0.379 e. The zero-order valence-electron chi connectivity index (χ0n) is 22.0. The molecule has 2 atom stereocenters. The average Bonchev–Trinajstić information content (AvgIpc) is 3.73. The molecule has 4 aromatic heterocycles. The van der Waals surface area contributed by atoms with Crippen LogP contribution >= 0.6 is 0 Å². The zero-order chi connectivity index (χ0) is 26.9. The fraction of sp³-hybridized carbons (Fsp3) is 0.407. The van der Waals surface area contributed by atoms with Crippen LogP contribution in [0.3, 0.4) is 0 Å². The minimum atomic E-state index is -0.411. The van der Waals surface area contributed by atoms with E-state index in [1.165, 1.54) is 0 Å². The van der Waals surface area contributed by atoms with Crippen LogP contribution in [-0.4, -0.2) is 78.7 Å². The molecule has 4 aromatic rings. The molecule has 2 N–H and O–H groups in total. The molecule has 6 rings (SSSR count). The van der Waals surface area contributed by atoms with Gasteiger partial charge in [0.05, 0.1) is 54.2 Å². The van der Waals surface area contributed by atoms with Crippen LogP contribution in [0.1, 0.15) is 48.4 Å². The van der Waals surface area contributed by atoms with Gasteiger partial charge in [0.25, 0.3) is 5.91 Å². The second-order valence-corrected chi connectivity index (χ2v) is 10.2. The largest absolute Gasteiger partial charge is 0.379 e. The molecule has 0 saturated carbocycles. The maximum absolute atomic E-state index is 13.2. The maximum Gasteiger partial charge on any atom is 0.278 e. The van der Waals surface area contributed by atoms with Gasteiger partial charge in [-0.2, -0.15) is 5.10 Å². The highest BCUT2D eigenvalue weighted by atomic mass is 16.5. The van der Waals surface area contributed by atoms with E-state index in [0.717, 1.165) is 43.5 Å². The number of ether oxygens (including phenoxy) is 1. The van der Waals surface area contributed by atoms with E-state index in [4.69, 9.17) is 4.74 Å². The van der Waals surface area contributed by atoms with E-state index in [-0.39, 0.29) is 17.6 Å². The van der Waals surface area contributed by atoms with Crippen molar-refractivity contribution in [2.75, 3.05) is 36.9 Å². The van der Waals surface area contributed by atoms with Crippen molar-refractivity contribution >= 4 is 28.7 Å². The average molecular weight is 530 g/mol. The van der Waals surface area contributed by atoms with Crippen molar-refractivity contribution in [2.24, 2.45) is 0 Å². The molecule has 0 spiro atoms. The molecule has 202 valence electrons. The molecule has 0 aliphatic carbocycles. The van der Waals surface area contributed by atoms with Crippen LogP contribution in [0.15, 0.2) is 43.0 Å². The van der Waals surface area contributed by atoms with Crippen LogP contribution < -0.4 is 10.6 Å². The SMILES string of the molecule is Cc1ncc(NC(=O)CN2CCC[C@@H]2C)cc1NC(=O)c1nnn2cc(-c3cnn(C4CCOC4)c3)ccc12. The van der Waals surface area contributed by atoms with E-state index >= 15 is 0 Å². The highest BCUT2D eigenvalue weighted by Gasteiger charge is 2.23. The third-order valence-electron chi connectivity index (χ3n) is 7.50. The number of anilines is 2. The Labute approximate surface area is 225 Å².